The number of benzene rings is 2. The summed E-state index contributed by atoms with van der Waals surface area (Å²) in [7, 11) is 1.34. The topological polar surface area (TPSA) is 46.4 Å². The molecule has 1 fully saturated rings. The molecular formula is C17H15NO3. The van der Waals surface area contributed by atoms with Crippen LogP contribution in [0.25, 0.3) is 0 Å². The molecule has 0 radical (unpaired) electrons. The third kappa shape index (κ3) is 2.40. The summed E-state index contributed by atoms with van der Waals surface area (Å²) in [5.74, 6) is -0.534. The highest BCUT2D eigenvalue weighted by molar-refractivity contribution is 6.01. The summed E-state index contributed by atoms with van der Waals surface area (Å²) in [5.41, 5.74) is 1.52. The number of hydrogen-bond donors (Lipinski definition) is 0. The minimum Gasteiger partial charge on any atom is -0.467 e. The monoisotopic (exact) mass is 281 g/mol. The Labute approximate surface area is 123 Å². The van der Waals surface area contributed by atoms with Crippen molar-refractivity contribution in [2.45, 2.75) is 12.1 Å². The van der Waals surface area contributed by atoms with Crippen molar-refractivity contribution in [1.29, 1.82) is 0 Å². The van der Waals surface area contributed by atoms with Crippen LogP contribution in [0.3, 0.4) is 0 Å². The van der Waals surface area contributed by atoms with Gasteiger partial charge in [-0.2, -0.15) is 0 Å². The van der Waals surface area contributed by atoms with E-state index in [-0.39, 0.29) is 17.9 Å². The second-order valence-electron chi connectivity index (χ2n) is 4.90. The Kier molecular flexibility index (Phi) is 3.44. The Hall–Kier alpha value is -2.62. The molecule has 4 heteroatoms. The van der Waals surface area contributed by atoms with Crippen molar-refractivity contribution in [3.63, 3.8) is 0 Å². The van der Waals surface area contributed by atoms with Crippen molar-refractivity contribution in [2.24, 2.45) is 0 Å². The molecule has 0 saturated carbocycles. The lowest BCUT2D eigenvalue weighted by Gasteiger charge is -2.04. The zero-order valence-electron chi connectivity index (χ0n) is 11.6. The van der Waals surface area contributed by atoms with Gasteiger partial charge in [-0.1, -0.05) is 48.5 Å². The second-order valence-corrected chi connectivity index (χ2v) is 4.90. The van der Waals surface area contributed by atoms with E-state index in [2.05, 4.69) is 0 Å². The molecular weight excluding hydrogens is 266 g/mol. The van der Waals surface area contributed by atoms with Crippen LogP contribution in [-0.4, -0.2) is 29.9 Å². The fourth-order valence-corrected chi connectivity index (χ4v) is 2.57. The molecule has 3 rings (SSSR count). The largest absolute Gasteiger partial charge is 0.467 e. The molecule has 1 aliphatic rings. The Morgan fingerprint density at radius 3 is 2.10 bits per heavy atom. The fraction of sp³-hybridized carbons (Fsp3) is 0.176. The minimum absolute atomic E-state index is 0.153. The van der Waals surface area contributed by atoms with E-state index in [1.807, 2.05) is 36.4 Å². The Morgan fingerprint density at radius 1 is 0.952 bits per heavy atom. The summed E-state index contributed by atoms with van der Waals surface area (Å²) in [6.45, 7) is 0. The molecule has 0 N–H and O–H groups in total. The molecule has 0 spiro atoms. The molecule has 21 heavy (non-hydrogen) atoms. The second kappa shape index (κ2) is 5.40. The fourth-order valence-electron chi connectivity index (χ4n) is 2.57. The van der Waals surface area contributed by atoms with Gasteiger partial charge in [0.1, 0.15) is 0 Å². The van der Waals surface area contributed by atoms with E-state index in [0.29, 0.717) is 5.56 Å². The molecule has 1 heterocycles. The molecule has 2 atom stereocenters. The first-order valence-corrected chi connectivity index (χ1v) is 6.74. The van der Waals surface area contributed by atoms with Gasteiger partial charge in [0.2, 0.25) is 0 Å². The van der Waals surface area contributed by atoms with Gasteiger partial charge in [0.05, 0.1) is 13.2 Å². The van der Waals surface area contributed by atoms with Crippen LogP contribution >= 0.6 is 0 Å². The number of ether oxygens (including phenoxy) is 1. The van der Waals surface area contributed by atoms with E-state index < -0.39 is 6.04 Å². The lowest BCUT2D eigenvalue weighted by atomic mass is 10.1. The van der Waals surface area contributed by atoms with E-state index in [0.717, 1.165) is 5.56 Å². The van der Waals surface area contributed by atoms with Gasteiger partial charge >= 0.3 is 5.97 Å². The summed E-state index contributed by atoms with van der Waals surface area (Å²) < 4.78 is 4.81. The first-order chi connectivity index (χ1) is 10.2. The number of rotatable bonds is 3. The number of nitrogens with zero attached hydrogens (tertiary/aromatic N) is 1. The Morgan fingerprint density at radius 2 is 1.52 bits per heavy atom. The summed E-state index contributed by atoms with van der Waals surface area (Å²) in [4.78, 5) is 26.0. The van der Waals surface area contributed by atoms with E-state index in [9.17, 15) is 9.59 Å². The van der Waals surface area contributed by atoms with Gasteiger partial charge in [-0.15, -0.1) is 0 Å². The normalized spacial score (nSPS) is 20.0. The SMILES string of the molecule is COC(=O)[C@@H]1[C@H](c2ccccc2)N1C(=O)c1ccccc1. The molecule has 2 aromatic rings. The lowest BCUT2D eigenvalue weighted by molar-refractivity contribution is -0.140. The molecule has 4 nitrogen and oxygen atoms in total. The van der Waals surface area contributed by atoms with E-state index >= 15 is 0 Å². The van der Waals surface area contributed by atoms with Gasteiger partial charge in [-0.25, -0.2) is 4.79 Å². The van der Waals surface area contributed by atoms with Gasteiger partial charge in [-0.05, 0) is 17.7 Å². The van der Waals surface area contributed by atoms with Gasteiger partial charge in [0.15, 0.2) is 6.04 Å². The summed E-state index contributed by atoms with van der Waals surface area (Å²) in [5, 5.41) is 0. The van der Waals surface area contributed by atoms with Gasteiger partial charge in [0.25, 0.3) is 5.91 Å². The van der Waals surface area contributed by atoms with Gasteiger partial charge < -0.3 is 9.64 Å². The van der Waals surface area contributed by atoms with E-state index in [1.165, 1.54) is 7.11 Å². The zero-order valence-corrected chi connectivity index (χ0v) is 11.6. The highest BCUT2D eigenvalue weighted by Gasteiger charge is 2.57. The minimum atomic E-state index is -0.537. The first kappa shape index (κ1) is 13.4. The maximum Gasteiger partial charge on any atom is 0.331 e. The molecule has 1 amide bonds. The smallest absolute Gasteiger partial charge is 0.331 e. The Balaban J connectivity index is 1.90. The van der Waals surface area contributed by atoms with Crippen LogP contribution < -0.4 is 0 Å². The van der Waals surface area contributed by atoms with Crippen molar-refractivity contribution >= 4 is 11.9 Å². The van der Waals surface area contributed by atoms with E-state index in [1.54, 1.807) is 29.2 Å². The lowest BCUT2D eigenvalue weighted by Crippen LogP contribution is -2.19. The zero-order chi connectivity index (χ0) is 14.8. The van der Waals surface area contributed by atoms with Crippen molar-refractivity contribution in [3.05, 3.63) is 71.8 Å². The molecule has 0 aliphatic carbocycles. The van der Waals surface area contributed by atoms with Crippen LogP contribution in [0, 0.1) is 0 Å². The third-order valence-corrected chi connectivity index (χ3v) is 3.65. The van der Waals surface area contributed by atoms with Crippen LogP contribution in [-0.2, 0) is 9.53 Å². The predicted molar refractivity (Wildman–Crippen MR) is 77.6 cm³/mol. The number of methoxy groups -OCH3 is 1. The Bertz CT molecular complexity index is 654. The van der Waals surface area contributed by atoms with Crippen molar-refractivity contribution in [2.75, 3.05) is 7.11 Å². The van der Waals surface area contributed by atoms with Crippen LogP contribution in [0.4, 0.5) is 0 Å². The van der Waals surface area contributed by atoms with Crippen LogP contribution in [0.5, 0.6) is 0 Å². The first-order valence-electron chi connectivity index (χ1n) is 6.74. The van der Waals surface area contributed by atoms with Crippen LogP contribution in [0.15, 0.2) is 60.7 Å². The molecule has 106 valence electrons. The van der Waals surface area contributed by atoms with Gasteiger partial charge in [-0.3, -0.25) is 4.79 Å². The average Bonchev–Trinajstić information content (AvgIpc) is 3.30. The molecule has 1 saturated heterocycles. The van der Waals surface area contributed by atoms with Gasteiger partial charge in [0, 0.05) is 5.56 Å². The standard InChI is InChI=1S/C17H15NO3/c1-21-17(20)15-14(12-8-4-2-5-9-12)18(15)16(19)13-10-6-3-7-11-13/h2-11,14-15H,1H3/t14-,15-,18?/m0/s1. The van der Waals surface area contributed by atoms with Crippen molar-refractivity contribution in [1.82, 2.24) is 4.90 Å². The van der Waals surface area contributed by atoms with Crippen molar-refractivity contribution in [3.8, 4) is 0 Å². The number of hydrogen-bond acceptors (Lipinski definition) is 3. The third-order valence-electron chi connectivity index (χ3n) is 3.65. The summed E-state index contributed by atoms with van der Waals surface area (Å²) in [6.07, 6.45) is 0. The molecule has 0 unspecified atom stereocenters. The number of amides is 1. The molecule has 1 aliphatic heterocycles. The molecule has 0 aromatic heterocycles. The summed E-state index contributed by atoms with van der Waals surface area (Å²) >= 11 is 0. The molecule has 0 bridgehead atoms. The number of esters is 1. The maximum atomic E-state index is 12.5. The number of carbonyl (C=O) groups is 2. The quantitative estimate of drug-likeness (QED) is 0.641. The van der Waals surface area contributed by atoms with Crippen molar-refractivity contribution < 1.29 is 14.3 Å². The molecule has 2 aromatic carbocycles. The van der Waals surface area contributed by atoms with Crippen LogP contribution in [0.2, 0.25) is 0 Å². The van der Waals surface area contributed by atoms with E-state index in [4.69, 9.17) is 4.74 Å². The number of carbonyl (C=O) groups excluding carboxylic acids is 2. The average molecular weight is 281 g/mol. The predicted octanol–water partition coefficient (Wildman–Crippen LogP) is 2.43. The van der Waals surface area contributed by atoms with Crippen LogP contribution in [0.1, 0.15) is 22.0 Å². The maximum absolute atomic E-state index is 12.5. The highest BCUT2D eigenvalue weighted by Crippen LogP contribution is 2.44. The highest BCUT2D eigenvalue weighted by atomic mass is 16.5. The summed E-state index contributed by atoms with van der Waals surface area (Å²) in [6, 6.07) is 17.7.